The molecular weight excluding hydrogens is 232 g/mol. The van der Waals surface area contributed by atoms with Crippen molar-refractivity contribution in [2.24, 2.45) is 10.2 Å². The van der Waals surface area contributed by atoms with Crippen molar-refractivity contribution >= 4 is 17.4 Å². The van der Waals surface area contributed by atoms with Crippen LogP contribution >= 0.6 is 0 Å². The number of hydrogen-bond acceptors (Lipinski definition) is 4. The van der Waals surface area contributed by atoms with Crippen molar-refractivity contribution in [3.63, 3.8) is 0 Å². The molecule has 5 heteroatoms. The highest BCUT2D eigenvalue weighted by Gasteiger charge is 2.21. The predicted molar refractivity (Wildman–Crippen MR) is 67.2 cm³/mol. The van der Waals surface area contributed by atoms with E-state index in [1.54, 1.807) is 12.1 Å². The molecule has 0 aromatic heterocycles. The first-order valence-corrected chi connectivity index (χ1v) is 5.66. The third-order valence-electron chi connectivity index (χ3n) is 2.47. The summed E-state index contributed by atoms with van der Waals surface area (Å²) < 4.78 is 0. The molecule has 0 radical (unpaired) electrons. The third-order valence-corrected chi connectivity index (χ3v) is 2.47. The molecule has 0 bridgehead atoms. The minimum Gasteiger partial charge on any atom is -0.479 e. The monoisotopic (exact) mass is 248 g/mol. The summed E-state index contributed by atoms with van der Waals surface area (Å²) in [4.78, 5) is 21.7. The van der Waals surface area contributed by atoms with Gasteiger partial charge >= 0.3 is 5.97 Å². The van der Waals surface area contributed by atoms with E-state index in [-0.39, 0.29) is 0 Å². The zero-order valence-electron chi connectivity index (χ0n) is 10.6. The van der Waals surface area contributed by atoms with Gasteiger partial charge in [-0.05, 0) is 30.5 Å². The molecule has 1 N–H and O–H groups in total. The highest BCUT2D eigenvalue weighted by Crippen LogP contribution is 2.19. The quantitative estimate of drug-likeness (QED) is 0.642. The number of benzene rings is 1. The molecule has 5 nitrogen and oxygen atoms in total. The van der Waals surface area contributed by atoms with Crippen LogP contribution in [0.4, 0.5) is 5.69 Å². The molecule has 0 saturated carbocycles. The molecule has 0 amide bonds. The largest absolute Gasteiger partial charge is 0.479 e. The number of hydrogen-bond donors (Lipinski definition) is 1. The van der Waals surface area contributed by atoms with E-state index in [2.05, 4.69) is 24.1 Å². The Morgan fingerprint density at radius 2 is 1.72 bits per heavy atom. The Bertz CT molecular complexity index is 450. The van der Waals surface area contributed by atoms with Gasteiger partial charge in [0.25, 0.3) is 0 Å². The summed E-state index contributed by atoms with van der Waals surface area (Å²) in [5.41, 5.74) is 1.70. The van der Waals surface area contributed by atoms with Crippen LogP contribution in [-0.4, -0.2) is 22.9 Å². The van der Waals surface area contributed by atoms with E-state index in [0.717, 1.165) is 5.56 Å². The number of azo groups is 1. The molecular formula is C13H16N2O3. The van der Waals surface area contributed by atoms with Gasteiger partial charge in [0.1, 0.15) is 0 Å². The number of nitrogens with zero attached hydrogens (tertiary/aromatic N) is 2. The Labute approximate surface area is 106 Å². The van der Waals surface area contributed by atoms with Crippen molar-refractivity contribution in [3.05, 3.63) is 29.8 Å². The predicted octanol–water partition coefficient (Wildman–Crippen LogP) is 2.94. The molecule has 1 rings (SSSR count). The molecule has 0 heterocycles. The van der Waals surface area contributed by atoms with Crippen LogP contribution in [0.15, 0.2) is 34.5 Å². The van der Waals surface area contributed by atoms with E-state index in [1.807, 2.05) is 12.1 Å². The summed E-state index contributed by atoms with van der Waals surface area (Å²) >= 11 is 0. The van der Waals surface area contributed by atoms with Crippen LogP contribution in [-0.2, 0) is 9.59 Å². The summed E-state index contributed by atoms with van der Waals surface area (Å²) in [5.74, 6) is -1.41. The third kappa shape index (κ3) is 3.76. The number of carboxylic acids is 1. The Morgan fingerprint density at radius 3 is 2.11 bits per heavy atom. The van der Waals surface area contributed by atoms with Gasteiger partial charge in [-0.2, -0.15) is 10.2 Å². The van der Waals surface area contributed by atoms with Crippen LogP contribution in [0, 0.1) is 0 Å². The van der Waals surface area contributed by atoms with Crippen LogP contribution in [0.3, 0.4) is 0 Å². The van der Waals surface area contributed by atoms with Crippen molar-refractivity contribution in [2.75, 3.05) is 0 Å². The van der Waals surface area contributed by atoms with E-state index in [9.17, 15) is 9.59 Å². The minimum absolute atomic E-state index is 0.417. The maximum Gasteiger partial charge on any atom is 0.338 e. The zero-order chi connectivity index (χ0) is 13.7. The van der Waals surface area contributed by atoms with Crippen molar-refractivity contribution in [3.8, 4) is 0 Å². The molecule has 1 aromatic rings. The molecule has 0 spiro atoms. The number of Topliss-reactive ketones (excluding diaryl/α,β-unsaturated/α-hetero) is 1. The number of rotatable bonds is 5. The zero-order valence-corrected chi connectivity index (χ0v) is 10.6. The van der Waals surface area contributed by atoms with Crippen LogP contribution in [0.2, 0.25) is 0 Å². The van der Waals surface area contributed by atoms with Gasteiger partial charge in [-0.25, -0.2) is 4.79 Å². The fraction of sp³-hybridized carbons (Fsp3) is 0.385. The minimum atomic E-state index is -1.42. The van der Waals surface area contributed by atoms with E-state index >= 15 is 0 Å². The number of aliphatic carboxylic acids is 1. The summed E-state index contributed by atoms with van der Waals surface area (Å²) in [7, 11) is 0. The fourth-order valence-electron chi connectivity index (χ4n) is 1.35. The summed E-state index contributed by atoms with van der Waals surface area (Å²) in [6.07, 6.45) is 0. The molecule has 1 unspecified atom stereocenters. The molecule has 0 saturated heterocycles. The lowest BCUT2D eigenvalue weighted by Gasteiger charge is -2.04. The molecule has 0 aliphatic heterocycles. The lowest BCUT2D eigenvalue weighted by molar-refractivity contribution is -0.141. The molecule has 1 atom stereocenters. The maximum atomic E-state index is 11.0. The summed E-state index contributed by atoms with van der Waals surface area (Å²) in [6, 6.07) is 5.88. The number of ketones is 1. The molecule has 0 aliphatic carbocycles. The highest BCUT2D eigenvalue weighted by atomic mass is 16.4. The van der Waals surface area contributed by atoms with Crippen LogP contribution in [0.25, 0.3) is 0 Å². The van der Waals surface area contributed by atoms with Gasteiger partial charge < -0.3 is 5.11 Å². The Balaban J connectivity index is 2.83. The fourth-order valence-corrected chi connectivity index (χ4v) is 1.35. The van der Waals surface area contributed by atoms with E-state index in [1.165, 1.54) is 6.92 Å². The van der Waals surface area contributed by atoms with E-state index in [0.29, 0.717) is 11.6 Å². The normalized spacial score (nSPS) is 12.9. The smallest absolute Gasteiger partial charge is 0.338 e. The van der Waals surface area contributed by atoms with Gasteiger partial charge in [0, 0.05) is 0 Å². The Morgan fingerprint density at radius 1 is 1.17 bits per heavy atom. The van der Waals surface area contributed by atoms with E-state index < -0.39 is 17.8 Å². The lowest BCUT2D eigenvalue weighted by Crippen LogP contribution is -2.25. The average molecular weight is 248 g/mol. The van der Waals surface area contributed by atoms with Crippen LogP contribution < -0.4 is 0 Å². The van der Waals surface area contributed by atoms with E-state index in [4.69, 9.17) is 5.11 Å². The second-order valence-corrected chi connectivity index (χ2v) is 4.31. The maximum absolute atomic E-state index is 11.0. The van der Waals surface area contributed by atoms with Gasteiger partial charge in [-0.1, -0.05) is 26.0 Å². The summed E-state index contributed by atoms with van der Waals surface area (Å²) in [5, 5.41) is 16.1. The number of carbonyl (C=O) groups excluding carboxylic acids is 1. The van der Waals surface area contributed by atoms with Gasteiger partial charge in [-0.15, -0.1) is 0 Å². The second-order valence-electron chi connectivity index (χ2n) is 4.31. The van der Waals surface area contributed by atoms with Crippen LogP contribution in [0.1, 0.15) is 32.3 Å². The number of carbonyl (C=O) groups is 2. The molecule has 0 aliphatic rings. The standard InChI is InChI=1S/C13H16N2O3/c1-8(2)10-4-6-11(7-5-10)14-15-12(9(3)16)13(17)18/h4-8,12H,1-3H3,(H,17,18). The van der Waals surface area contributed by atoms with Gasteiger partial charge in [0.15, 0.2) is 5.78 Å². The topological polar surface area (TPSA) is 79.1 Å². The van der Waals surface area contributed by atoms with Gasteiger partial charge in [-0.3, -0.25) is 4.79 Å². The molecule has 1 aromatic carbocycles. The molecule has 96 valence electrons. The lowest BCUT2D eigenvalue weighted by atomic mass is 10.0. The first kappa shape index (κ1) is 14.0. The first-order valence-electron chi connectivity index (χ1n) is 5.66. The highest BCUT2D eigenvalue weighted by molar-refractivity contribution is 6.01. The van der Waals surface area contributed by atoms with Crippen molar-refractivity contribution in [1.29, 1.82) is 0 Å². The number of carboxylic acid groups (broad SMARTS) is 1. The van der Waals surface area contributed by atoms with Gasteiger partial charge in [0.05, 0.1) is 5.69 Å². The van der Waals surface area contributed by atoms with Crippen molar-refractivity contribution in [1.82, 2.24) is 0 Å². The van der Waals surface area contributed by atoms with Gasteiger partial charge in [0.2, 0.25) is 6.04 Å². The van der Waals surface area contributed by atoms with Crippen molar-refractivity contribution < 1.29 is 14.7 Å². The second kappa shape index (κ2) is 6.05. The molecule has 0 fully saturated rings. The Kier molecular flexibility index (Phi) is 4.71. The molecule has 18 heavy (non-hydrogen) atoms. The average Bonchev–Trinajstić information content (AvgIpc) is 2.28. The Hall–Kier alpha value is -2.04. The van der Waals surface area contributed by atoms with Crippen molar-refractivity contribution in [2.45, 2.75) is 32.7 Å². The summed E-state index contributed by atoms with van der Waals surface area (Å²) in [6.45, 7) is 5.33. The first-order chi connectivity index (χ1) is 8.41. The SMILES string of the molecule is CC(=O)C(N=Nc1ccc(C(C)C)cc1)C(=O)O. The van der Waals surface area contributed by atoms with Crippen LogP contribution in [0.5, 0.6) is 0 Å².